The van der Waals surface area contributed by atoms with Crippen LogP contribution in [0.1, 0.15) is 101 Å². The van der Waals surface area contributed by atoms with E-state index in [4.69, 9.17) is 14.7 Å². The first-order valence-electron chi connectivity index (χ1n) is 16.9. The van der Waals surface area contributed by atoms with Gasteiger partial charge in [0.05, 0.1) is 67.5 Å². The summed E-state index contributed by atoms with van der Waals surface area (Å²) >= 11 is 10.4. The van der Waals surface area contributed by atoms with Gasteiger partial charge in [-0.05, 0) is 145 Å². The van der Waals surface area contributed by atoms with Crippen LogP contribution >= 0.6 is 71.8 Å². The predicted octanol–water partition coefficient (Wildman–Crippen LogP) is 11.8. The molecule has 0 radical (unpaired) electrons. The zero-order valence-corrected chi connectivity index (χ0v) is 40.1. The first-order chi connectivity index (χ1) is 25.3. The molecule has 0 atom stereocenters. The van der Waals surface area contributed by atoms with E-state index in [-0.39, 0.29) is 38.8 Å². The summed E-state index contributed by atoms with van der Waals surface area (Å²) in [7, 11) is 3.30. The molecule has 11 nitrogen and oxygen atoms in total. The monoisotopic (exact) mass is 1080 g/mol. The molecule has 3 heterocycles. The van der Waals surface area contributed by atoms with Crippen molar-refractivity contribution in [1.82, 2.24) is 29.8 Å². The number of nitriles is 3. The van der Waals surface area contributed by atoms with Crippen LogP contribution in [0.25, 0.3) is 0 Å². The fourth-order valence-electron chi connectivity index (χ4n) is 5.84. The highest BCUT2D eigenvalue weighted by atomic mass is 127. The second kappa shape index (κ2) is 22.5. The van der Waals surface area contributed by atoms with E-state index >= 15 is 0 Å². The van der Waals surface area contributed by atoms with Crippen molar-refractivity contribution < 1.29 is 9.47 Å². The van der Waals surface area contributed by atoms with E-state index < -0.39 is 16.2 Å². The fraction of sp³-hybridized carbons (Fsp3) is 0.429. The zero-order chi connectivity index (χ0) is 40.6. The third kappa shape index (κ3) is 13.2. The van der Waals surface area contributed by atoms with Gasteiger partial charge in [0.2, 0.25) is 0 Å². The summed E-state index contributed by atoms with van der Waals surface area (Å²) in [5.41, 5.74) is 6.27. The Morgan fingerprint density at radius 1 is 0.632 bits per heavy atom. The molecule has 0 saturated heterocycles. The van der Waals surface area contributed by atoms with Crippen molar-refractivity contribution in [3.63, 3.8) is 0 Å². The molecule has 15 heteroatoms. The van der Waals surface area contributed by atoms with Gasteiger partial charge >= 0.3 is 0 Å². The minimum Gasteiger partial charge on any atom is -0.497 e. The molecule has 5 aromatic rings. The highest BCUT2D eigenvalue weighted by molar-refractivity contribution is 14.0. The van der Waals surface area contributed by atoms with Gasteiger partial charge in [0.25, 0.3) is 0 Å². The number of hydrogen-bond donors (Lipinski definition) is 1. The summed E-state index contributed by atoms with van der Waals surface area (Å²) < 4.78 is 16.4. The lowest BCUT2D eigenvalue weighted by atomic mass is 9.87. The van der Waals surface area contributed by atoms with Crippen LogP contribution in [-0.4, -0.2) is 44.0 Å². The van der Waals surface area contributed by atoms with E-state index in [1.807, 2.05) is 120 Å². The number of halogens is 4. The first kappa shape index (κ1) is 53.3. The van der Waals surface area contributed by atoms with Gasteiger partial charge in [-0.3, -0.25) is 14.5 Å². The number of aryl methyl sites for hydroxylation is 2. The Morgan fingerprint density at radius 3 is 1.42 bits per heavy atom. The Balaban J connectivity index is 0.000000834. The normalized spacial score (nSPS) is 10.6. The predicted molar refractivity (Wildman–Crippen MR) is 249 cm³/mol. The lowest BCUT2D eigenvalue weighted by molar-refractivity contribution is 0.414. The van der Waals surface area contributed by atoms with Crippen LogP contribution in [0.3, 0.4) is 0 Å². The number of aromatic amines is 1. The van der Waals surface area contributed by atoms with E-state index in [2.05, 4.69) is 86.4 Å². The largest absolute Gasteiger partial charge is 0.497 e. The van der Waals surface area contributed by atoms with Gasteiger partial charge in [0.1, 0.15) is 25.3 Å². The maximum atomic E-state index is 9.33. The molecule has 0 unspecified atom stereocenters. The van der Waals surface area contributed by atoms with Gasteiger partial charge < -0.3 is 9.47 Å². The summed E-state index contributed by atoms with van der Waals surface area (Å²) in [6.45, 7) is 18.5. The number of nitrogens with one attached hydrogen (secondary N) is 1. The Labute approximate surface area is 381 Å². The lowest BCUT2D eigenvalue weighted by Crippen LogP contribution is -2.16. The lowest BCUT2D eigenvalue weighted by Gasteiger charge is -2.15. The van der Waals surface area contributed by atoms with E-state index in [1.54, 1.807) is 14.2 Å². The molecule has 0 spiro atoms. The molecule has 0 fully saturated rings. The van der Waals surface area contributed by atoms with Crippen LogP contribution < -0.4 is 9.47 Å². The molecule has 0 bridgehead atoms. The number of benzene rings is 2. The number of nitrogens with zero attached hydrogens (tertiary/aromatic N) is 8. The van der Waals surface area contributed by atoms with Crippen molar-refractivity contribution in [3.8, 4) is 29.7 Å². The molecule has 2 aromatic carbocycles. The molecule has 0 aliphatic heterocycles. The molecule has 0 aliphatic carbocycles. The number of ether oxygens (including phenoxy) is 2. The molecule has 57 heavy (non-hydrogen) atoms. The van der Waals surface area contributed by atoms with Gasteiger partial charge in [-0.25, -0.2) is 0 Å². The molecule has 0 amide bonds. The van der Waals surface area contributed by atoms with E-state index in [0.717, 1.165) is 70.2 Å². The molecule has 5 rings (SSSR count). The standard InChI is InChI=1S/2C16H18BrN3O.C8H10BrN3.2CH4.HI/c1-11-14(16(2,3)10-18)15(17)19-20(11)9-12-5-7-13(21-4)8-6-12;1-11-14(16(2,3)10-18)15(17)20(19-11)9-12-5-7-13(21-4)8-6-12;1-5-6(7(9)12-11-5)8(2,3)4-10;;;/h2*5-8H,9H2,1-4H3;1-3H3,(H,11,12);2*1H4;1H. The first-order valence-corrected chi connectivity index (χ1v) is 19.3. The van der Waals surface area contributed by atoms with Crippen LogP contribution in [0, 0.1) is 54.8 Å². The second-order valence-corrected chi connectivity index (χ2v) is 16.5. The quantitative estimate of drug-likeness (QED) is 0.143. The fourth-order valence-corrected chi connectivity index (χ4v) is 8.69. The number of rotatable bonds is 9. The summed E-state index contributed by atoms with van der Waals surface area (Å²) in [6, 6.07) is 22.7. The molecule has 308 valence electrons. The van der Waals surface area contributed by atoms with Gasteiger partial charge in [-0.1, -0.05) is 39.1 Å². The van der Waals surface area contributed by atoms with Crippen molar-refractivity contribution in [3.05, 3.63) is 107 Å². The number of H-pyrrole nitrogens is 1. The van der Waals surface area contributed by atoms with E-state index in [9.17, 15) is 10.5 Å². The van der Waals surface area contributed by atoms with Gasteiger partial charge in [0.15, 0.2) is 0 Å². The third-order valence-electron chi connectivity index (χ3n) is 8.83. The van der Waals surface area contributed by atoms with Crippen LogP contribution in [0.5, 0.6) is 11.5 Å². The van der Waals surface area contributed by atoms with Crippen molar-refractivity contribution in [2.45, 2.75) is 107 Å². The summed E-state index contributed by atoms with van der Waals surface area (Å²) in [5.74, 6) is 1.67. The smallest absolute Gasteiger partial charge is 0.133 e. The minimum absolute atomic E-state index is 0. The topological polar surface area (TPSA) is 154 Å². The molecular weight excluding hydrogens is 1030 g/mol. The summed E-state index contributed by atoms with van der Waals surface area (Å²) in [4.78, 5) is 0. The van der Waals surface area contributed by atoms with Crippen LogP contribution in [-0.2, 0) is 29.3 Å². The Kier molecular flexibility index (Phi) is 21.0. The van der Waals surface area contributed by atoms with Crippen molar-refractivity contribution in [2.75, 3.05) is 14.2 Å². The van der Waals surface area contributed by atoms with Crippen molar-refractivity contribution >= 4 is 71.8 Å². The molecule has 1 N–H and O–H groups in total. The summed E-state index contributed by atoms with van der Waals surface area (Å²) in [6.07, 6.45) is 0. The second-order valence-electron chi connectivity index (χ2n) is 14.2. The SMILES string of the molecule is C.C.COc1ccc(Cn2nc(Br)c(C(C)(C)C#N)c2C)cc1.COc1ccc(Cn2nc(C)c(C(C)(C)C#N)c2Br)cc1.Cc1[nH]nc(Br)c1C(C)(C)C#N.I. The minimum atomic E-state index is -0.568. The zero-order valence-electron chi connectivity index (χ0n) is 33.0. The van der Waals surface area contributed by atoms with Gasteiger partial charge in [-0.15, -0.1) is 24.0 Å². The number of hydrogen-bond acceptors (Lipinski definition) is 8. The van der Waals surface area contributed by atoms with Crippen molar-refractivity contribution in [2.24, 2.45) is 0 Å². The Hall–Kier alpha value is -3.69. The van der Waals surface area contributed by atoms with Crippen LogP contribution in [0.15, 0.2) is 62.3 Å². The highest BCUT2D eigenvalue weighted by Crippen LogP contribution is 2.34. The van der Waals surface area contributed by atoms with Crippen molar-refractivity contribution in [1.29, 1.82) is 15.8 Å². The maximum Gasteiger partial charge on any atom is 0.133 e. The van der Waals surface area contributed by atoms with E-state index in [0.29, 0.717) is 13.1 Å². The number of methoxy groups -OCH3 is 2. The maximum absolute atomic E-state index is 9.33. The third-order valence-corrected chi connectivity index (χ3v) is 10.8. The highest BCUT2D eigenvalue weighted by Gasteiger charge is 2.30. The Bertz CT molecular complexity index is 2040. The molecule has 3 aromatic heterocycles. The van der Waals surface area contributed by atoms with Gasteiger partial charge in [-0.2, -0.15) is 31.1 Å². The van der Waals surface area contributed by atoms with Crippen LogP contribution in [0.2, 0.25) is 0 Å². The average molecular weight is 1080 g/mol. The molecule has 0 saturated carbocycles. The molecule has 0 aliphatic rings. The van der Waals surface area contributed by atoms with Crippen LogP contribution in [0.4, 0.5) is 0 Å². The van der Waals surface area contributed by atoms with Gasteiger partial charge in [0, 0.05) is 28.1 Å². The Morgan fingerprint density at radius 2 is 1.04 bits per heavy atom. The average Bonchev–Trinajstić information content (AvgIpc) is 3.75. The number of aromatic nitrogens is 6. The molecular formula is C42H55Br3IN9O2. The van der Waals surface area contributed by atoms with E-state index in [1.165, 1.54) is 0 Å². The summed E-state index contributed by atoms with van der Waals surface area (Å²) in [5, 5.41) is 43.4.